The Kier molecular flexibility index (Phi) is 6.79. The topological polar surface area (TPSA) is 69.5 Å². The average Bonchev–Trinajstić information content (AvgIpc) is 3.30. The second kappa shape index (κ2) is 9.27. The Bertz CT molecular complexity index is 716. The molecule has 2 aromatic heterocycles. The highest BCUT2D eigenvalue weighted by Crippen LogP contribution is 2.19. The van der Waals surface area contributed by atoms with Crippen LogP contribution in [0, 0.1) is 6.92 Å². The number of anilines is 1. The molecule has 9 heteroatoms. The number of rotatable bonds is 6. The van der Waals surface area contributed by atoms with E-state index in [1.54, 1.807) is 11.3 Å². The summed E-state index contributed by atoms with van der Waals surface area (Å²) in [6.45, 7) is 11.8. The van der Waals surface area contributed by atoms with Crippen molar-refractivity contribution in [2.24, 2.45) is 4.99 Å². The molecule has 1 fully saturated rings. The third-order valence-electron chi connectivity index (χ3n) is 4.21. The predicted octanol–water partition coefficient (Wildman–Crippen LogP) is 2.20. The number of nitrogens with one attached hydrogen (secondary N) is 1. The van der Waals surface area contributed by atoms with E-state index in [1.165, 1.54) is 16.4 Å². The van der Waals surface area contributed by atoms with Gasteiger partial charge in [-0.25, -0.2) is 9.97 Å². The van der Waals surface area contributed by atoms with Gasteiger partial charge in [-0.2, -0.15) is 4.37 Å². The first-order valence-corrected chi connectivity index (χ1v) is 10.8. The average molecular weight is 394 g/mol. The second-order valence-electron chi connectivity index (χ2n) is 6.17. The number of aliphatic imine (C=N–C) groups is 1. The highest BCUT2D eigenvalue weighted by molar-refractivity contribution is 7.11. The lowest BCUT2D eigenvalue weighted by Gasteiger charge is -2.36. The van der Waals surface area contributed by atoms with Crippen LogP contribution in [0.4, 0.5) is 5.13 Å². The van der Waals surface area contributed by atoms with E-state index in [2.05, 4.69) is 50.2 Å². The van der Waals surface area contributed by atoms with E-state index < -0.39 is 0 Å². The third kappa shape index (κ3) is 4.91. The Balaban J connectivity index is 1.54. The maximum Gasteiger partial charge on any atom is 0.205 e. The quantitative estimate of drug-likeness (QED) is 0.599. The fourth-order valence-corrected chi connectivity index (χ4v) is 4.40. The molecule has 7 nitrogen and oxygen atoms in total. The zero-order valence-corrected chi connectivity index (χ0v) is 17.4. The van der Waals surface area contributed by atoms with Crippen LogP contribution in [-0.2, 0) is 12.8 Å². The van der Waals surface area contributed by atoms with Gasteiger partial charge in [0.05, 0.1) is 5.01 Å². The van der Waals surface area contributed by atoms with Gasteiger partial charge in [-0.15, -0.1) is 11.3 Å². The summed E-state index contributed by atoms with van der Waals surface area (Å²) in [5.41, 5.74) is 0. The predicted molar refractivity (Wildman–Crippen MR) is 110 cm³/mol. The van der Waals surface area contributed by atoms with E-state index in [9.17, 15) is 0 Å². The molecule has 0 radical (unpaired) electrons. The Labute approximate surface area is 163 Å². The minimum Gasteiger partial charge on any atom is -0.357 e. The lowest BCUT2D eigenvalue weighted by Crippen LogP contribution is -2.52. The maximum atomic E-state index is 4.81. The molecule has 2 aromatic rings. The molecule has 1 aliphatic heterocycles. The number of hydrogen-bond donors (Lipinski definition) is 1. The smallest absolute Gasteiger partial charge is 0.205 e. The normalized spacial score (nSPS) is 15.6. The number of thiazole rings is 1. The van der Waals surface area contributed by atoms with Crippen molar-refractivity contribution in [2.75, 3.05) is 44.2 Å². The van der Waals surface area contributed by atoms with E-state index in [4.69, 9.17) is 4.99 Å². The molecule has 0 atom stereocenters. The van der Waals surface area contributed by atoms with Crippen LogP contribution >= 0.6 is 22.9 Å². The summed E-state index contributed by atoms with van der Waals surface area (Å²) in [5.74, 6) is 1.95. The summed E-state index contributed by atoms with van der Waals surface area (Å²) in [6, 6.07) is 0. The molecular weight excluding hydrogens is 366 g/mol. The van der Waals surface area contributed by atoms with Crippen LogP contribution in [-0.4, -0.2) is 64.5 Å². The van der Waals surface area contributed by atoms with Crippen LogP contribution in [0.25, 0.3) is 0 Å². The minimum absolute atomic E-state index is 0.770. The van der Waals surface area contributed by atoms with Crippen molar-refractivity contribution in [3.63, 3.8) is 0 Å². The third-order valence-corrected chi connectivity index (χ3v) is 6.00. The molecule has 1 aliphatic rings. The first-order chi connectivity index (χ1) is 12.7. The van der Waals surface area contributed by atoms with Gasteiger partial charge in [0.1, 0.15) is 5.82 Å². The summed E-state index contributed by atoms with van der Waals surface area (Å²) in [7, 11) is 0. The van der Waals surface area contributed by atoms with Gasteiger partial charge in [0.25, 0.3) is 0 Å². The Morgan fingerprint density at radius 3 is 2.69 bits per heavy atom. The van der Waals surface area contributed by atoms with Crippen molar-refractivity contribution in [3.8, 4) is 0 Å². The van der Waals surface area contributed by atoms with Crippen LogP contribution in [0.3, 0.4) is 0 Å². The van der Waals surface area contributed by atoms with Crippen LogP contribution in [0.2, 0.25) is 0 Å². The molecule has 0 unspecified atom stereocenters. The molecule has 0 bridgehead atoms. The minimum atomic E-state index is 0.770. The molecule has 0 amide bonds. The number of nitrogens with zero attached hydrogens (tertiary/aromatic N) is 6. The van der Waals surface area contributed by atoms with Crippen molar-refractivity contribution < 1.29 is 0 Å². The number of hydrogen-bond acceptors (Lipinski definition) is 7. The summed E-state index contributed by atoms with van der Waals surface area (Å²) in [6.07, 6.45) is 3.73. The first kappa shape index (κ1) is 19.0. The van der Waals surface area contributed by atoms with Crippen molar-refractivity contribution in [1.29, 1.82) is 0 Å². The summed E-state index contributed by atoms with van der Waals surface area (Å²) >= 11 is 3.27. The van der Waals surface area contributed by atoms with Gasteiger partial charge in [0.15, 0.2) is 5.96 Å². The van der Waals surface area contributed by atoms with Gasteiger partial charge in [-0.3, -0.25) is 4.99 Å². The first-order valence-electron chi connectivity index (χ1n) is 9.21. The molecule has 0 saturated carbocycles. The number of guanidine groups is 1. The maximum absolute atomic E-state index is 4.81. The lowest BCUT2D eigenvalue weighted by atomic mass is 10.3. The SMILES string of the molecule is CCNC(=NCCc1ncc(C)s1)N1CCN(c2nc(CC)ns2)CC1. The molecule has 3 rings (SSSR count). The largest absolute Gasteiger partial charge is 0.357 e. The summed E-state index contributed by atoms with van der Waals surface area (Å²) in [4.78, 5) is 19.8. The van der Waals surface area contributed by atoms with Gasteiger partial charge in [0, 0.05) is 74.7 Å². The van der Waals surface area contributed by atoms with E-state index in [0.29, 0.717) is 0 Å². The molecule has 1 saturated heterocycles. The monoisotopic (exact) mass is 393 g/mol. The van der Waals surface area contributed by atoms with Crippen LogP contribution in [0.15, 0.2) is 11.2 Å². The van der Waals surface area contributed by atoms with Gasteiger partial charge >= 0.3 is 0 Å². The highest BCUT2D eigenvalue weighted by Gasteiger charge is 2.22. The van der Waals surface area contributed by atoms with Crippen LogP contribution in [0.1, 0.15) is 29.6 Å². The van der Waals surface area contributed by atoms with E-state index in [0.717, 1.165) is 74.0 Å². The van der Waals surface area contributed by atoms with E-state index >= 15 is 0 Å². The van der Waals surface area contributed by atoms with Gasteiger partial charge in [-0.1, -0.05) is 6.92 Å². The summed E-state index contributed by atoms with van der Waals surface area (Å²) in [5, 5.41) is 5.63. The molecular formula is C17H27N7S2. The molecule has 0 spiro atoms. The molecule has 142 valence electrons. The van der Waals surface area contributed by atoms with Crippen LogP contribution in [0.5, 0.6) is 0 Å². The molecule has 0 aliphatic carbocycles. The van der Waals surface area contributed by atoms with Gasteiger partial charge in [0.2, 0.25) is 5.13 Å². The number of aromatic nitrogens is 3. The fourth-order valence-electron chi connectivity index (χ4n) is 2.83. The Hall–Kier alpha value is -1.74. The second-order valence-corrected chi connectivity index (χ2v) is 8.22. The van der Waals surface area contributed by atoms with Crippen molar-refractivity contribution in [3.05, 3.63) is 21.9 Å². The summed E-state index contributed by atoms with van der Waals surface area (Å²) < 4.78 is 4.40. The fraction of sp³-hybridized carbons (Fsp3) is 0.647. The Morgan fingerprint density at radius 2 is 2.08 bits per heavy atom. The molecule has 3 heterocycles. The number of piperazine rings is 1. The van der Waals surface area contributed by atoms with Gasteiger partial charge in [-0.05, 0) is 13.8 Å². The molecule has 1 N–H and O–H groups in total. The zero-order chi connectivity index (χ0) is 18.4. The van der Waals surface area contributed by atoms with Gasteiger partial charge < -0.3 is 15.1 Å². The number of aryl methyl sites for hydroxylation is 2. The van der Waals surface area contributed by atoms with Crippen molar-refractivity contribution >= 4 is 34.0 Å². The van der Waals surface area contributed by atoms with Crippen molar-refractivity contribution in [1.82, 2.24) is 24.6 Å². The highest BCUT2D eigenvalue weighted by atomic mass is 32.1. The molecule has 26 heavy (non-hydrogen) atoms. The standard InChI is InChI=1S/C17H27N7S2/c1-4-14-21-17(26-22-14)24-10-8-23(9-11-24)16(18-5-2)19-7-6-15-20-12-13(3)25-15/h12H,4-11H2,1-3H3,(H,18,19). The van der Waals surface area contributed by atoms with E-state index in [-0.39, 0.29) is 0 Å². The molecule has 0 aromatic carbocycles. The van der Waals surface area contributed by atoms with E-state index in [1.807, 2.05) is 6.20 Å². The lowest BCUT2D eigenvalue weighted by molar-refractivity contribution is 0.372. The Morgan fingerprint density at radius 1 is 1.27 bits per heavy atom. The van der Waals surface area contributed by atoms with Crippen LogP contribution < -0.4 is 10.2 Å². The zero-order valence-electron chi connectivity index (χ0n) is 15.7. The van der Waals surface area contributed by atoms with Crippen molar-refractivity contribution in [2.45, 2.75) is 33.6 Å².